The maximum atomic E-state index is 13.6. The van der Waals surface area contributed by atoms with Crippen LogP contribution in [0.5, 0.6) is 0 Å². The zero-order valence-corrected chi connectivity index (χ0v) is 9.74. The Labute approximate surface area is 94.5 Å². The van der Waals surface area contributed by atoms with Crippen LogP contribution in [-0.4, -0.2) is 12.8 Å². The summed E-state index contributed by atoms with van der Waals surface area (Å²) in [7, 11) is 0. The van der Waals surface area contributed by atoms with Crippen LogP contribution < -0.4 is 5.32 Å². The normalized spacial score (nSPS) is 21.6. The van der Waals surface area contributed by atoms with Gasteiger partial charge in [-0.2, -0.15) is 0 Å². The number of rotatable bonds is 2. The van der Waals surface area contributed by atoms with Gasteiger partial charge < -0.3 is 5.32 Å². The number of thioether (sulfide) groups is 1. The average molecular weight is 225 g/mol. The molecule has 2 rings (SSSR count). The first-order valence-corrected chi connectivity index (χ1v) is 6.61. The zero-order valence-electron chi connectivity index (χ0n) is 8.92. The van der Waals surface area contributed by atoms with Crippen molar-refractivity contribution in [3.8, 4) is 0 Å². The van der Waals surface area contributed by atoms with Crippen molar-refractivity contribution in [3.63, 3.8) is 0 Å². The smallest absolute Gasteiger partial charge is 0.137 e. The van der Waals surface area contributed by atoms with Gasteiger partial charge in [-0.15, -0.1) is 11.8 Å². The zero-order chi connectivity index (χ0) is 10.7. The van der Waals surface area contributed by atoms with Crippen LogP contribution in [0.4, 0.5) is 4.39 Å². The van der Waals surface area contributed by atoms with E-state index in [9.17, 15) is 4.39 Å². The van der Waals surface area contributed by atoms with E-state index < -0.39 is 0 Å². The summed E-state index contributed by atoms with van der Waals surface area (Å²) in [6.45, 7) is 1.05. The van der Waals surface area contributed by atoms with Crippen LogP contribution in [0, 0.1) is 5.82 Å². The first-order valence-electron chi connectivity index (χ1n) is 5.38. The van der Waals surface area contributed by atoms with E-state index >= 15 is 0 Å². The Hall–Kier alpha value is -0.540. The van der Waals surface area contributed by atoms with Crippen LogP contribution in [0.25, 0.3) is 0 Å². The van der Waals surface area contributed by atoms with Crippen LogP contribution in [0.15, 0.2) is 23.1 Å². The molecule has 82 valence electrons. The Balaban J connectivity index is 2.29. The predicted octanol–water partition coefficient (Wildman–Crippen LogP) is 3.36. The van der Waals surface area contributed by atoms with E-state index in [1.54, 1.807) is 6.07 Å². The fraction of sp³-hybridized carbons (Fsp3) is 0.500. The number of piperidine rings is 1. The van der Waals surface area contributed by atoms with Crippen LogP contribution in [0.1, 0.15) is 30.9 Å². The van der Waals surface area contributed by atoms with Gasteiger partial charge in [0.2, 0.25) is 0 Å². The fourth-order valence-corrected chi connectivity index (χ4v) is 2.84. The Kier molecular flexibility index (Phi) is 3.65. The summed E-state index contributed by atoms with van der Waals surface area (Å²) in [6.07, 6.45) is 5.53. The van der Waals surface area contributed by atoms with Gasteiger partial charge in [-0.25, -0.2) is 4.39 Å². The van der Waals surface area contributed by atoms with Crippen molar-refractivity contribution in [2.24, 2.45) is 0 Å². The van der Waals surface area contributed by atoms with Gasteiger partial charge in [0.05, 0.1) is 0 Å². The van der Waals surface area contributed by atoms with Crippen molar-refractivity contribution in [3.05, 3.63) is 29.6 Å². The summed E-state index contributed by atoms with van der Waals surface area (Å²) in [6, 6.07) is 5.73. The molecule has 0 bridgehead atoms. The summed E-state index contributed by atoms with van der Waals surface area (Å²) in [4.78, 5) is 0.803. The highest BCUT2D eigenvalue weighted by Crippen LogP contribution is 2.32. The van der Waals surface area contributed by atoms with Crippen LogP contribution in [-0.2, 0) is 0 Å². The molecule has 0 aliphatic carbocycles. The van der Waals surface area contributed by atoms with Gasteiger partial charge in [-0.1, -0.05) is 18.6 Å². The summed E-state index contributed by atoms with van der Waals surface area (Å²) < 4.78 is 13.6. The van der Waals surface area contributed by atoms with Crippen molar-refractivity contribution < 1.29 is 4.39 Å². The lowest BCUT2D eigenvalue weighted by Gasteiger charge is -2.25. The molecule has 1 aliphatic heterocycles. The molecule has 0 aromatic heterocycles. The Morgan fingerprint density at radius 3 is 2.93 bits per heavy atom. The van der Waals surface area contributed by atoms with E-state index in [0.29, 0.717) is 6.04 Å². The molecule has 0 saturated carbocycles. The van der Waals surface area contributed by atoms with Gasteiger partial charge in [0.25, 0.3) is 0 Å². The van der Waals surface area contributed by atoms with E-state index in [1.807, 2.05) is 12.3 Å². The molecule has 3 heteroatoms. The van der Waals surface area contributed by atoms with Crippen molar-refractivity contribution in [2.75, 3.05) is 12.8 Å². The van der Waals surface area contributed by atoms with Crippen molar-refractivity contribution in [1.82, 2.24) is 5.32 Å². The van der Waals surface area contributed by atoms with Crippen LogP contribution in [0.2, 0.25) is 0 Å². The molecule has 15 heavy (non-hydrogen) atoms. The second-order valence-electron chi connectivity index (χ2n) is 3.86. The van der Waals surface area contributed by atoms with Gasteiger partial charge in [0.1, 0.15) is 5.82 Å². The highest BCUT2D eigenvalue weighted by Gasteiger charge is 2.19. The minimum absolute atomic E-state index is 0.0904. The summed E-state index contributed by atoms with van der Waals surface area (Å²) in [5, 5.41) is 3.46. The molecule has 1 aromatic carbocycles. The predicted molar refractivity (Wildman–Crippen MR) is 62.8 cm³/mol. The summed E-state index contributed by atoms with van der Waals surface area (Å²) in [5.41, 5.74) is 1.13. The first kappa shape index (κ1) is 11.0. The molecule has 1 heterocycles. The quantitative estimate of drug-likeness (QED) is 0.775. The molecule has 1 nitrogen and oxygen atoms in total. The topological polar surface area (TPSA) is 12.0 Å². The Morgan fingerprint density at radius 1 is 1.40 bits per heavy atom. The van der Waals surface area contributed by atoms with Crippen molar-refractivity contribution in [1.29, 1.82) is 0 Å². The van der Waals surface area contributed by atoms with E-state index in [4.69, 9.17) is 0 Å². The van der Waals surface area contributed by atoms with Gasteiger partial charge in [-0.3, -0.25) is 0 Å². The number of hydrogen-bond donors (Lipinski definition) is 1. The van der Waals surface area contributed by atoms with Gasteiger partial charge in [0, 0.05) is 10.9 Å². The van der Waals surface area contributed by atoms with Gasteiger partial charge in [-0.05, 0) is 37.3 Å². The molecule has 1 unspecified atom stereocenters. The molecular weight excluding hydrogens is 209 g/mol. The van der Waals surface area contributed by atoms with Crippen LogP contribution >= 0.6 is 11.8 Å². The maximum Gasteiger partial charge on any atom is 0.137 e. The second kappa shape index (κ2) is 4.99. The lowest BCUT2D eigenvalue weighted by atomic mass is 9.97. The largest absolute Gasteiger partial charge is 0.310 e. The number of nitrogens with one attached hydrogen (secondary N) is 1. The fourth-order valence-electron chi connectivity index (χ4n) is 2.13. The van der Waals surface area contributed by atoms with Crippen LogP contribution in [0.3, 0.4) is 0 Å². The van der Waals surface area contributed by atoms with E-state index in [1.165, 1.54) is 30.7 Å². The third-order valence-corrected chi connectivity index (χ3v) is 3.73. The van der Waals surface area contributed by atoms with E-state index in [2.05, 4.69) is 5.32 Å². The third-order valence-electron chi connectivity index (χ3n) is 2.89. The second-order valence-corrected chi connectivity index (χ2v) is 4.68. The molecule has 1 aromatic rings. The van der Waals surface area contributed by atoms with E-state index in [-0.39, 0.29) is 5.82 Å². The molecule has 0 amide bonds. The SMILES string of the molecule is CSc1c(F)cccc1C1CCCCN1. The summed E-state index contributed by atoms with van der Waals surface area (Å²) >= 11 is 1.50. The molecule has 1 N–H and O–H groups in total. The Morgan fingerprint density at radius 2 is 2.27 bits per heavy atom. The maximum absolute atomic E-state index is 13.6. The molecule has 0 radical (unpaired) electrons. The molecule has 1 aliphatic rings. The Bertz CT molecular complexity index is 334. The standard InChI is InChI=1S/C12H16FNS/c1-15-12-9(5-4-6-10(12)13)11-7-2-3-8-14-11/h4-6,11,14H,2-3,7-8H2,1H3. The number of halogens is 1. The lowest BCUT2D eigenvalue weighted by Crippen LogP contribution is -2.27. The minimum atomic E-state index is -0.0904. The van der Waals surface area contributed by atoms with E-state index in [0.717, 1.165) is 23.4 Å². The highest BCUT2D eigenvalue weighted by molar-refractivity contribution is 7.98. The van der Waals surface area contributed by atoms with Gasteiger partial charge >= 0.3 is 0 Å². The lowest BCUT2D eigenvalue weighted by molar-refractivity contribution is 0.405. The molecular formula is C12H16FNS. The van der Waals surface area contributed by atoms with Crippen molar-refractivity contribution >= 4 is 11.8 Å². The number of benzene rings is 1. The average Bonchev–Trinajstić information content (AvgIpc) is 2.30. The first-order chi connectivity index (χ1) is 7.33. The van der Waals surface area contributed by atoms with Gasteiger partial charge in [0.15, 0.2) is 0 Å². The minimum Gasteiger partial charge on any atom is -0.310 e. The monoisotopic (exact) mass is 225 g/mol. The molecule has 1 atom stereocenters. The highest BCUT2D eigenvalue weighted by atomic mass is 32.2. The number of hydrogen-bond acceptors (Lipinski definition) is 2. The van der Waals surface area contributed by atoms with Crippen molar-refractivity contribution in [2.45, 2.75) is 30.2 Å². The summed E-state index contributed by atoms with van der Waals surface area (Å²) in [5.74, 6) is -0.0904. The third kappa shape index (κ3) is 2.34. The molecule has 1 saturated heterocycles. The molecule has 0 spiro atoms. The molecule has 1 fully saturated rings.